The third-order valence-corrected chi connectivity index (χ3v) is 8.23. The maximum Gasteiger partial charge on any atom is 0.161 e. The highest BCUT2D eigenvalue weighted by Gasteiger charge is 2.58. The lowest BCUT2D eigenvalue weighted by Gasteiger charge is -2.46. The van der Waals surface area contributed by atoms with Gasteiger partial charge in [0.05, 0.1) is 19.7 Å². The molecule has 0 bridgehead atoms. The Morgan fingerprint density at radius 1 is 0.893 bits per heavy atom. The molecule has 4 rings (SSSR count). The van der Waals surface area contributed by atoms with Crippen molar-refractivity contribution in [2.24, 2.45) is 5.41 Å². The number of hydrogen-bond donors (Lipinski definition) is 0. The second-order valence-electron chi connectivity index (χ2n) is 9.37. The third kappa shape index (κ3) is 2.08. The second kappa shape index (κ2) is 5.85. The van der Waals surface area contributed by atoms with E-state index >= 15 is 0 Å². The van der Waals surface area contributed by atoms with Crippen LogP contribution in [0.5, 0.6) is 11.5 Å². The summed E-state index contributed by atoms with van der Waals surface area (Å²) in [5, 5.41) is 3.49. The van der Waals surface area contributed by atoms with Crippen LogP contribution in [-0.2, 0) is 10.8 Å². The first-order valence-electron chi connectivity index (χ1n) is 10.1. The zero-order valence-corrected chi connectivity index (χ0v) is 18.4. The number of fused-ring (bicyclic) bond motifs is 5. The molecular weight excluding hydrogens is 346 g/mol. The standard InChI is InChI=1S/C25H31NO2/c1-9-25(6)21-16-11-10-15-12-19(27-7)20(28-8)13-17(15)22(16)26-14-18(21)23(2,3)24(25,4)5/h10-14H,9H2,1-8H3. The van der Waals surface area contributed by atoms with E-state index in [-0.39, 0.29) is 16.2 Å². The summed E-state index contributed by atoms with van der Waals surface area (Å²) in [7, 11) is 3.35. The van der Waals surface area contributed by atoms with Crippen molar-refractivity contribution < 1.29 is 9.47 Å². The number of rotatable bonds is 3. The lowest BCUT2D eigenvalue weighted by atomic mass is 9.57. The van der Waals surface area contributed by atoms with Crippen LogP contribution in [-0.4, -0.2) is 19.2 Å². The molecule has 3 heteroatoms. The van der Waals surface area contributed by atoms with Crippen LogP contribution in [0.3, 0.4) is 0 Å². The number of methoxy groups -OCH3 is 2. The van der Waals surface area contributed by atoms with Crippen LogP contribution in [0.1, 0.15) is 59.1 Å². The predicted octanol–water partition coefficient (Wildman–Crippen LogP) is 6.39. The van der Waals surface area contributed by atoms with E-state index in [2.05, 4.69) is 65.9 Å². The van der Waals surface area contributed by atoms with E-state index in [1.54, 1.807) is 14.2 Å². The molecule has 1 unspecified atom stereocenters. The number of hydrogen-bond acceptors (Lipinski definition) is 3. The summed E-state index contributed by atoms with van der Waals surface area (Å²) >= 11 is 0. The van der Waals surface area contributed by atoms with Gasteiger partial charge >= 0.3 is 0 Å². The van der Waals surface area contributed by atoms with Gasteiger partial charge in [-0.1, -0.05) is 53.7 Å². The maximum absolute atomic E-state index is 5.56. The molecule has 0 aliphatic heterocycles. The van der Waals surface area contributed by atoms with Crippen molar-refractivity contribution in [3.05, 3.63) is 41.6 Å². The van der Waals surface area contributed by atoms with Gasteiger partial charge in [0.15, 0.2) is 11.5 Å². The number of ether oxygens (including phenoxy) is 2. The van der Waals surface area contributed by atoms with Gasteiger partial charge < -0.3 is 9.47 Å². The molecule has 0 amide bonds. The molecule has 0 radical (unpaired) electrons. The summed E-state index contributed by atoms with van der Waals surface area (Å²) in [4.78, 5) is 4.98. The molecule has 0 saturated carbocycles. The number of benzene rings is 2. The normalized spacial score (nSPS) is 22.4. The Hall–Kier alpha value is -2.29. The average molecular weight is 378 g/mol. The Balaban J connectivity index is 2.14. The lowest BCUT2D eigenvalue weighted by Crippen LogP contribution is -2.43. The molecule has 148 valence electrons. The van der Waals surface area contributed by atoms with Crippen molar-refractivity contribution in [1.82, 2.24) is 4.98 Å². The minimum atomic E-state index is 0.0564. The van der Waals surface area contributed by atoms with E-state index < -0.39 is 0 Å². The molecule has 3 nitrogen and oxygen atoms in total. The first-order valence-corrected chi connectivity index (χ1v) is 10.1. The summed E-state index contributed by atoms with van der Waals surface area (Å²) in [6.07, 6.45) is 3.22. The van der Waals surface area contributed by atoms with Crippen LogP contribution in [0.15, 0.2) is 30.5 Å². The topological polar surface area (TPSA) is 31.4 Å². The van der Waals surface area contributed by atoms with Crippen LogP contribution in [0, 0.1) is 5.41 Å². The second-order valence-corrected chi connectivity index (χ2v) is 9.37. The molecule has 0 saturated heterocycles. The summed E-state index contributed by atoms with van der Waals surface area (Å²) in [6, 6.07) is 8.54. The molecule has 3 aromatic rings. The van der Waals surface area contributed by atoms with Crippen molar-refractivity contribution in [2.75, 3.05) is 14.2 Å². The molecular formula is C25H31NO2. The van der Waals surface area contributed by atoms with Gasteiger partial charge in [0.2, 0.25) is 0 Å². The molecule has 1 heterocycles. The fraction of sp³-hybridized carbons (Fsp3) is 0.480. The highest BCUT2D eigenvalue weighted by Crippen LogP contribution is 2.64. The van der Waals surface area contributed by atoms with E-state index in [1.807, 2.05) is 6.07 Å². The van der Waals surface area contributed by atoms with Gasteiger partial charge in [0.1, 0.15) is 0 Å². The van der Waals surface area contributed by atoms with Gasteiger partial charge in [-0.15, -0.1) is 0 Å². The molecule has 1 aliphatic rings. The zero-order chi connectivity index (χ0) is 20.5. The molecule has 0 N–H and O–H groups in total. The van der Waals surface area contributed by atoms with Crippen LogP contribution in [0.2, 0.25) is 0 Å². The van der Waals surface area contributed by atoms with Crippen LogP contribution in [0.25, 0.3) is 21.7 Å². The molecule has 1 aromatic heterocycles. The van der Waals surface area contributed by atoms with Gasteiger partial charge in [0.25, 0.3) is 0 Å². The highest BCUT2D eigenvalue weighted by molar-refractivity contribution is 6.08. The SMILES string of the molecule is CCC1(C)c2c(cnc3c2ccc2cc(OC)c(OC)cc23)C(C)(C)C1(C)C. The van der Waals surface area contributed by atoms with E-state index in [0.29, 0.717) is 0 Å². The Bertz CT molecular complexity index is 1100. The van der Waals surface area contributed by atoms with Gasteiger partial charge in [0, 0.05) is 17.0 Å². The molecule has 0 spiro atoms. The van der Waals surface area contributed by atoms with Gasteiger partial charge in [-0.25, -0.2) is 0 Å². The summed E-state index contributed by atoms with van der Waals surface area (Å²) in [5.74, 6) is 1.49. The van der Waals surface area contributed by atoms with Crippen LogP contribution in [0.4, 0.5) is 0 Å². The van der Waals surface area contributed by atoms with E-state index in [9.17, 15) is 0 Å². The van der Waals surface area contributed by atoms with Crippen molar-refractivity contribution in [3.8, 4) is 11.5 Å². The van der Waals surface area contributed by atoms with Gasteiger partial charge in [-0.05, 0) is 51.3 Å². The number of pyridine rings is 1. The van der Waals surface area contributed by atoms with Crippen molar-refractivity contribution in [3.63, 3.8) is 0 Å². The van der Waals surface area contributed by atoms with E-state index in [0.717, 1.165) is 34.2 Å². The van der Waals surface area contributed by atoms with E-state index in [4.69, 9.17) is 14.5 Å². The molecule has 0 fully saturated rings. The minimum absolute atomic E-state index is 0.0564. The minimum Gasteiger partial charge on any atom is -0.493 e. The number of aromatic nitrogens is 1. The van der Waals surface area contributed by atoms with Crippen LogP contribution >= 0.6 is 0 Å². The molecule has 1 aliphatic carbocycles. The Morgan fingerprint density at radius 2 is 1.54 bits per heavy atom. The molecule has 2 aromatic carbocycles. The summed E-state index contributed by atoms with van der Waals surface area (Å²) in [6.45, 7) is 14.3. The zero-order valence-electron chi connectivity index (χ0n) is 18.4. The first-order chi connectivity index (χ1) is 13.1. The van der Waals surface area contributed by atoms with Gasteiger partial charge in [-0.3, -0.25) is 4.98 Å². The van der Waals surface area contributed by atoms with Gasteiger partial charge in [-0.2, -0.15) is 0 Å². The predicted molar refractivity (Wildman–Crippen MR) is 117 cm³/mol. The maximum atomic E-state index is 5.56. The quantitative estimate of drug-likeness (QED) is 0.496. The van der Waals surface area contributed by atoms with Crippen molar-refractivity contribution in [1.29, 1.82) is 0 Å². The Labute approximate surface area is 168 Å². The number of nitrogens with zero attached hydrogens (tertiary/aromatic N) is 1. The average Bonchev–Trinajstić information content (AvgIpc) is 2.81. The fourth-order valence-corrected chi connectivity index (χ4v) is 5.34. The largest absolute Gasteiger partial charge is 0.493 e. The van der Waals surface area contributed by atoms with Crippen LogP contribution < -0.4 is 9.47 Å². The highest BCUT2D eigenvalue weighted by atomic mass is 16.5. The Kier molecular flexibility index (Phi) is 3.98. The third-order valence-electron chi connectivity index (χ3n) is 8.23. The van der Waals surface area contributed by atoms with E-state index in [1.165, 1.54) is 16.5 Å². The van der Waals surface area contributed by atoms with Crippen molar-refractivity contribution in [2.45, 2.75) is 58.8 Å². The first kappa shape index (κ1) is 19.0. The molecule has 28 heavy (non-hydrogen) atoms. The van der Waals surface area contributed by atoms with Crippen molar-refractivity contribution >= 4 is 21.7 Å². The molecule has 1 atom stereocenters. The Morgan fingerprint density at radius 3 is 2.14 bits per heavy atom. The lowest BCUT2D eigenvalue weighted by molar-refractivity contribution is 0.108. The summed E-state index contributed by atoms with van der Waals surface area (Å²) < 4.78 is 11.1. The monoisotopic (exact) mass is 377 g/mol. The smallest absolute Gasteiger partial charge is 0.161 e. The fourth-order valence-electron chi connectivity index (χ4n) is 5.34. The summed E-state index contributed by atoms with van der Waals surface area (Å²) in [5.41, 5.74) is 4.16.